The molecule has 2 N–H and O–H groups in total. The minimum atomic E-state index is -1.10. The Bertz CT molecular complexity index is 619. The number of carbonyl (C=O) groups is 2. The minimum Gasteiger partial charge on any atom is -0.478 e. The summed E-state index contributed by atoms with van der Waals surface area (Å²) in [6, 6.07) is 2.92. The number of rotatable bonds is 4. The van der Waals surface area contributed by atoms with Gasteiger partial charge in [0.15, 0.2) is 0 Å². The molecule has 0 saturated carbocycles. The van der Waals surface area contributed by atoms with Gasteiger partial charge in [0.05, 0.1) is 29.3 Å². The van der Waals surface area contributed by atoms with Gasteiger partial charge < -0.3 is 14.8 Å². The van der Waals surface area contributed by atoms with Gasteiger partial charge in [0.1, 0.15) is 5.76 Å². The first-order chi connectivity index (χ1) is 9.11. The monoisotopic (exact) mass is 260 g/mol. The van der Waals surface area contributed by atoms with Gasteiger partial charge in [-0.2, -0.15) is 0 Å². The summed E-state index contributed by atoms with van der Waals surface area (Å²) < 4.78 is 5.16. The topological polar surface area (TPSA) is 92.4 Å². The second kappa shape index (κ2) is 5.34. The Kier molecular flexibility index (Phi) is 3.61. The molecule has 0 saturated heterocycles. The van der Waals surface area contributed by atoms with E-state index in [1.807, 2.05) is 6.92 Å². The Morgan fingerprint density at radius 3 is 2.89 bits per heavy atom. The fourth-order valence-corrected chi connectivity index (χ4v) is 1.64. The number of hydrogen-bond acceptors (Lipinski definition) is 4. The van der Waals surface area contributed by atoms with Gasteiger partial charge in [-0.25, -0.2) is 4.79 Å². The van der Waals surface area contributed by atoms with Gasteiger partial charge in [-0.1, -0.05) is 6.92 Å². The molecule has 0 radical (unpaired) electrons. The molecule has 0 fully saturated rings. The second-order valence-corrected chi connectivity index (χ2v) is 3.83. The smallest absolute Gasteiger partial charge is 0.337 e. The van der Waals surface area contributed by atoms with E-state index in [-0.39, 0.29) is 11.5 Å². The van der Waals surface area contributed by atoms with Crippen molar-refractivity contribution >= 4 is 17.6 Å². The fraction of sp³-hybridized carbons (Fsp3) is 0.154. The summed E-state index contributed by atoms with van der Waals surface area (Å²) in [5, 5.41) is 11.4. The molecule has 6 nitrogen and oxygen atoms in total. The van der Waals surface area contributed by atoms with Crippen LogP contribution >= 0.6 is 0 Å². The largest absolute Gasteiger partial charge is 0.478 e. The van der Waals surface area contributed by atoms with Crippen molar-refractivity contribution in [2.75, 3.05) is 5.32 Å². The highest BCUT2D eigenvalue weighted by molar-refractivity contribution is 6.05. The minimum absolute atomic E-state index is 0.0145. The molecule has 0 unspecified atom stereocenters. The molecule has 1 amide bonds. The summed E-state index contributed by atoms with van der Waals surface area (Å²) >= 11 is 0. The van der Waals surface area contributed by atoms with Crippen LogP contribution in [-0.4, -0.2) is 22.0 Å². The average molecular weight is 260 g/mol. The van der Waals surface area contributed by atoms with Gasteiger partial charge in [0.25, 0.3) is 5.91 Å². The van der Waals surface area contributed by atoms with Crippen molar-refractivity contribution in [1.29, 1.82) is 0 Å². The van der Waals surface area contributed by atoms with Crippen LogP contribution < -0.4 is 5.32 Å². The number of carboxylic acids is 1. The van der Waals surface area contributed by atoms with Crippen molar-refractivity contribution in [2.24, 2.45) is 0 Å². The maximum Gasteiger partial charge on any atom is 0.337 e. The summed E-state index contributed by atoms with van der Waals surface area (Å²) in [5.74, 6) is -0.865. The molecule has 0 aliphatic carbocycles. The Hall–Kier alpha value is -2.63. The van der Waals surface area contributed by atoms with E-state index < -0.39 is 5.97 Å². The van der Waals surface area contributed by atoms with E-state index in [0.29, 0.717) is 23.4 Å². The molecule has 2 rings (SSSR count). The number of aromatic carboxylic acids is 1. The quantitative estimate of drug-likeness (QED) is 0.879. The Labute approximate surface area is 109 Å². The number of aromatic nitrogens is 1. The first-order valence-electron chi connectivity index (χ1n) is 5.68. The second-order valence-electron chi connectivity index (χ2n) is 3.83. The molecule has 2 aromatic heterocycles. The van der Waals surface area contributed by atoms with E-state index >= 15 is 0 Å². The molecule has 0 aliphatic heterocycles. The Balaban J connectivity index is 2.19. The standard InChI is InChI=1S/C13H12N2O4/c1-2-11-10(3-4-19-11)12(16)15-9-5-8(13(17)18)6-14-7-9/h3-7H,2H2,1H3,(H,15,16)(H,17,18). The lowest BCUT2D eigenvalue weighted by atomic mass is 10.2. The Morgan fingerprint density at radius 2 is 2.21 bits per heavy atom. The summed E-state index contributed by atoms with van der Waals surface area (Å²) in [7, 11) is 0. The zero-order chi connectivity index (χ0) is 13.8. The first-order valence-corrected chi connectivity index (χ1v) is 5.68. The average Bonchev–Trinajstić information content (AvgIpc) is 2.87. The van der Waals surface area contributed by atoms with Gasteiger partial charge in [0.2, 0.25) is 0 Å². The van der Waals surface area contributed by atoms with Crippen molar-refractivity contribution in [2.45, 2.75) is 13.3 Å². The molecule has 0 bridgehead atoms. The molecule has 0 spiro atoms. The number of nitrogens with zero attached hydrogens (tertiary/aromatic N) is 1. The van der Waals surface area contributed by atoms with E-state index in [1.165, 1.54) is 24.7 Å². The van der Waals surface area contributed by atoms with Crippen LogP contribution in [0.3, 0.4) is 0 Å². The molecule has 2 aromatic rings. The van der Waals surface area contributed by atoms with Crippen molar-refractivity contribution in [3.63, 3.8) is 0 Å². The Morgan fingerprint density at radius 1 is 1.42 bits per heavy atom. The molecule has 2 heterocycles. The molecule has 98 valence electrons. The highest BCUT2D eigenvalue weighted by Gasteiger charge is 2.14. The van der Waals surface area contributed by atoms with Gasteiger partial charge in [-0.05, 0) is 12.1 Å². The number of carboxylic acid groups (broad SMARTS) is 1. The van der Waals surface area contributed by atoms with E-state index in [9.17, 15) is 9.59 Å². The maximum absolute atomic E-state index is 12.0. The lowest BCUT2D eigenvalue weighted by Gasteiger charge is -2.05. The summed E-state index contributed by atoms with van der Waals surface area (Å²) in [4.78, 5) is 26.6. The summed E-state index contributed by atoms with van der Waals surface area (Å²) in [6.07, 6.45) is 4.65. The third kappa shape index (κ3) is 2.79. The number of nitrogens with one attached hydrogen (secondary N) is 1. The predicted octanol–water partition coefficient (Wildman–Crippen LogP) is 2.19. The van der Waals surface area contributed by atoms with Crippen molar-refractivity contribution < 1.29 is 19.1 Å². The van der Waals surface area contributed by atoms with Gasteiger partial charge >= 0.3 is 5.97 Å². The highest BCUT2D eigenvalue weighted by Crippen LogP contribution is 2.15. The van der Waals surface area contributed by atoms with E-state index in [4.69, 9.17) is 9.52 Å². The number of carbonyl (C=O) groups excluding carboxylic acids is 1. The lowest BCUT2D eigenvalue weighted by molar-refractivity contribution is 0.0696. The van der Waals surface area contributed by atoms with Crippen LogP contribution in [0.2, 0.25) is 0 Å². The third-order valence-corrected chi connectivity index (χ3v) is 2.55. The highest BCUT2D eigenvalue weighted by atomic mass is 16.4. The molecule has 0 atom stereocenters. The number of pyridine rings is 1. The molecule has 0 aliphatic rings. The van der Waals surface area contributed by atoms with Gasteiger partial charge in [-0.15, -0.1) is 0 Å². The lowest BCUT2D eigenvalue weighted by Crippen LogP contribution is -2.13. The fourth-order valence-electron chi connectivity index (χ4n) is 1.64. The van der Waals surface area contributed by atoms with E-state index in [1.54, 1.807) is 6.07 Å². The van der Waals surface area contributed by atoms with Crippen molar-refractivity contribution in [1.82, 2.24) is 4.98 Å². The first kappa shape index (κ1) is 12.8. The molecule has 6 heteroatoms. The summed E-state index contributed by atoms with van der Waals surface area (Å²) in [5.41, 5.74) is 0.775. The van der Waals surface area contributed by atoms with Crippen LogP contribution in [0.5, 0.6) is 0 Å². The van der Waals surface area contributed by atoms with Crippen LogP contribution in [-0.2, 0) is 6.42 Å². The van der Waals surface area contributed by atoms with Gasteiger partial charge in [-0.3, -0.25) is 9.78 Å². The zero-order valence-corrected chi connectivity index (χ0v) is 10.2. The van der Waals surface area contributed by atoms with Crippen LogP contribution in [0, 0.1) is 0 Å². The van der Waals surface area contributed by atoms with Crippen molar-refractivity contribution in [3.8, 4) is 0 Å². The zero-order valence-electron chi connectivity index (χ0n) is 10.2. The van der Waals surface area contributed by atoms with Crippen LogP contribution in [0.15, 0.2) is 35.2 Å². The van der Waals surface area contributed by atoms with Crippen LogP contribution in [0.4, 0.5) is 5.69 Å². The molecular formula is C13H12N2O4. The van der Waals surface area contributed by atoms with Gasteiger partial charge in [0, 0.05) is 12.6 Å². The predicted molar refractivity (Wildman–Crippen MR) is 67.2 cm³/mol. The number of aryl methyl sites for hydroxylation is 1. The molecular weight excluding hydrogens is 248 g/mol. The van der Waals surface area contributed by atoms with Crippen LogP contribution in [0.1, 0.15) is 33.4 Å². The van der Waals surface area contributed by atoms with Crippen molar-refractivity contribution in [3.05, 3.63) is 47.7 Å². The van der Waals surface area contributed by atoms with Crippen LogP contribution in [0.25, 0.3) is 0 Å². The number of amides is 1. The van der Waals surface area contributed by atoms with E-state index in [0.717, 1.165) is 0 Å². The SMILES string of the molecule is CCc1occc1C(=O)Nc1cncc(C(=O)O)c1. The number of furan rings is 1. The van der Waals surface area contributed by atoms with E-state index in [2.05, 4.69) is 10.3 Å². The maximum atomic E-state index is 12.0. The summed E-state index contributed by atoms with van der Waals surface area (Å²) in [6.45, 7) is 1.88. The third-order valence-electron chi connectivity index (χ3n) is 2.55. The number of hydrogen-bond donors (Lipinski definition) is 2. The normalized spacial score (nSPS) is 10.2. The molecule has 19 heavy (non-hydrogen) atoms. The number of anilines is 1. The molecule has 0 aromatic carbocycles.